The molecule has 1 saturated heterocycles. The van der Waals surface area contributed by atoms with Crippen LogP contribution in [0.25, 0.3) is 10.4 Å². The van der Waals surface area contributed by atoms with Gasteiger partial charge in [-0.1, -0.05) is 5.11 Å². The van der Waals surface area contributed by atoms with Crippen molar-refractivity contribution in [1.29, 1.82) is 5.26 Å². The molecule has 5 N–H and O–H groups in total. The first-order valence-corrected chi connectivity index (χ1v) is 5.87. The van der Waals surface area contributed by atoms with E-state index in [0.29, 0.717) is 4.57 Å². The lowest BCUT2D eigenvalue weighted by atomic mass is 10.0. The number of aliphatic hydroxyl groups excluding tert-OH is 3. The number of nitriles is 1. The Labute approximate surface area is 122 Å². The van der Waals surface area contributed by atoms with E-state index in [1.54, 1.807) is 0 Å². The van der Waals surface area contributed by atoms with Crippen LogP contribution in [0.3, 0.4) is 0 Å². The van der Waals surface area contributed by atoms with E-state index in [0.717, 1.165) is 12.3 Å². The van der Waals surface area contributed by atoms with Crippen LogP contribution in [0.4, 0.5) is 5.82 Å². The van der Waals surface area contributed by atoms with Gasteiger partial charge in [-0.2, -0.15) is 10.2 Å². The van der Waals surface area contributed by atoms with Crippen molar-refractivity contribution in [3.8, 4) is 6.07 Å². The fourth-order valence-electron chi connectivity index (χ4n) is 2.17. The van der Waals surface area contributed by atoms with Gasteiger partial charge in [-0.05, 0) is 11.6 Å². The van der Waals surface area contributed by atoms with E-state index in [1.165, 1.54) is 6.07 Å². The van der Waals surface area contributed by atoms with Crippen LogP contribution in [0, 0.1) is 11.3 Å². The summed E-state index contributed by atoms with van der Waals surface area (Å²) in [5.41, 5.74) is 8.04. The first kappa shape index (κ1) is 15.7. The zero-order chi connectivity index (χ0) is 16.5. The van der Waals surface area contributed by atoms with Crippen LogP contribution in [-0.4, -0.2) is 49.4 Å². The van der Waals surface area contributed by atoms with Crippen molar-refractivity contribution in [2.45, 2.75) is 23.7 Å². The summed E-state index contributed by atoms with van der Waals surface area (Å²) < 4.78 is 5.74. The number of hydrogen-bond donors (Lipinski definition) is 4. The molecule has 0 unspecified atom stereocenters. The van der Waals surface area contributed by atoms with Crippen molar-refractivity contribution in [3.05, 3.63) is 33.2 Å². The number of anilines is 1. The highest BCUT2D eigenvalue weighted by Crippen LogP contribution is 2.41. The minimum Gasteiger partial charge on any atom is -0.393 e. The Hall–Kier alpha value is -2.68. The van der Waals surface area contributed by atoms with Crippen molar-refractivity contribution in [3.63, 3.8) is 0 Å². The molecule has 0 bridgehead atoms. The monoisotopic (exact) mass is 309 g/mol. The van der Waals surface area contributed by atoms with Crippen LogP contribution in [0.5, 0.6) is 0 Å². The molecule has 1 aliphatic rings. The largest absolute Gasteiger partial charge is 0.393 e. The van der Waals surface area contributed by atoms with Crippen LogP contribution in [0.1, 0.15) is 0 Å². The van der Waals surface area contributed by atoms with Crippen molar-refractivity contribution >= 4 is 5.82 Å². The highest BCUT2D eigenvalue weighted by molar-refractivity contribution is 5.25. The maximum atomic E-state index is 11.9. The first-order valence-electron chi connectivity index (χ1n) is 5.87. The molecule has 0 aliphatic carbocycles. The Bertz CT molecular complexity index is 738. The van der Waals surface area contributed by atoms with E-state index >= 15 is 0 Å². The van der Waals surface area contributed by atoms with Crippen LogP contribution in [0.15, 0.2) is 22.2 Å². The molecule has 0 amide bonds. The number of nitrogens with two attached hydrogens (primary N) is 1. The summed E-state index contributed by atoms with van der Waals surface area (Å²) in [6.45, 7) is -1.03. The van der Waals surface area contributed by atoms with Gasteiger partial charge in [0.15, 0.2) is 0 Å². The average Bonchev–Trinajstić information content (AvgIpc) is 2.71. The molecule has 4 atom stereocenters. The molecule has 116 valence electrons. The highest BCUT2D eigenvalue weighted by Gasteiger charge is 2.64. The summed E-state index contributed by atoms with van der Waals surface area (Å²) >= 11 is 0. The lowest BCUT2D eigenvalue weighted by Crippen LogP contribution is -2.49. The van der Waals surface area contributed by atoms with Crippen molar-refractivity contribution in [2.24, 2.45) is 5.11 Å². The molecule has 2 heterocycles. The Morgan fingerprint density at radius 3 is 2.82 bits per heavy atom. The zero-order valence-corrected chi connectivity index (χ0v) is 10.9. The summed E-state index contributed by atoms with van der Waals surface area (Å²) in [5.74, 6) is -0.133. The molecule has 22 heavy (non-hydrogen) atoms. The van der Waals surface area contributed by atoms with Gasteiger partial charge in [-0.3, -0.25) is 4.57 Å². The SMILES string of the molecule is N#C[C@@]1(n2ccc(N)nc2=O)O[C@@](CO)(N=[N+]=[N-])[C@@H](O)[C@H]1O. The van der Waals surface area contributed by atoms with E-state index in [-0.39, 0.29) is 5.82 Å². The van der Waals surface area contributed by atoms with Crippen LogP contribution in [0.2, 0.25) is 0 Å². The number of aliphatic hydroxyl groups is 3. The smallest absolute Gasteiger partial charge is 0.352 e. The van der Waals surface area contributed by atoms with E-state index < -0.39 is 36.0 Å². The third kappa shape index (κ3) is 1.98. The second-order valence-corrected chi connectivity index (χ2v) is 4.50. The lowest BCUT2D eigenvalue weighted by Gasteiger charge is -2.27. The van der Waals surface area contributed by atoms with Gasteiger partial charge < -0.3 is 25.8 Å². The molecular formula is C10H11N7O5. The van der Waals surface area contributed by atoms with Gasteiger partial charge in [0.1, 0.15) is 24.1 Å². The van der Waals surface area contributed by atoms with Gasteiger partial charge in [0.25, 0.3) is 5.72 Å². The van der Waals surface area contributed by atoms with Gasteiger partial charge in [-0.25, -0.2) is 4.79 Å². The lowest BCUT2D eigenvalue weighted by molar-refractivity contribution is -0.158. The van der Waals surface area contributed by atoms with E-state index in [4.69, 9.17) is 16.0 Å². The van der Waals surface area contributed by atoms with Gasteiger partial charge in [0.2, 0.25) is 5.72 Å². The number of hydrogen-bond acceptors (Lipinski definition) is 9. The van der Waals surface area contributed by atoms with Crippen molar-refractivity contribution in [1.82, 2.24) is 9.55 Å². The molecule has 1 aromatic heterocycles. The fraction of sp³-hybridized carbons (Fsp3) is 0.500. The quantitative estimate of drug-likeness (QED) is 0.272. The molecule has 1 aliphatic heterocycles. The topological polar surface area (TPSA) is 203 Å². The van der Waals surface area contributed by atoms with E-state index in [1.807, 2.05) is 0 Å². The van der Waals surface area contributed by atoms with Gasteiger partial charge in [0.05, 0.1) is 6.61 Å². The molecule has 1 fully saturated rings. The second kappa shape index (κ2) is 5.26. The summed E-state index contributed by atoms with van der Waals surface area (Å²) in [6.07, 6.45) is -2.94. The maximum Gasteiger partial charge on any atom is 0.352 e. The third-order valence-electron chi connectivity index (χ3n) is 3.28. The molecule has 12 nitrogen and oxygen atoms in total. The normalized spacial score (nSPS) is 33.9. The van der Waals surface area contributed by atoms with Crippen LogP contribution >= 0.6 is 0 Å². The number of ether oxygens (including phenoxy) is 1. The number of rotatable bonds is 3. The Morgan fingerprint density at radius 2 is 2.32 bits per heavy atom. The van der Waals surface area contributed by atoms with Gasteiger partial charge >= 0.3 is 5.69 Å². The van der Waals surface area contributed by atoms with Crippen molar-refractivity contribution < 1.29 is 20.1 Å². The minimum atomic E-state index is -2.45. The maximum absolute atomic E-state index is 11.9. The zero-order valence-electron chi connectivity index (χ0n) is 10.9. The van der Waals surface area contributed by atoms with E-state index in [2.05, 4.69) is 15.0 Å². The number of nitrogen functional groups attached to an aromatic ring is 1. The first-order chi connectivity index (χ1) is 10.4. The molecular weight excluding hydrogens is 298 g/mol. The molecule has 2 rings (SSSR count). The molecule has 0 radical (unpaired) electrons. The van der Waals surface area contributed by atoms with Gasteiger partial charge in [0, 0.05) is 11.1 Å². The number of aromatic nitrogens is 2. The minimum absolute atomic E-state index is 0.133. The highest BCUT2D eigenvalue weighted by atomic mass is 16.6. The summed E-state index contributed by atoms with van der Waals surface area (Å²) in [4.78, 5) is 17.7. The third-order valence-corrected chi connectivity index (χ3v) is 3.28. The summed E-state index contributed by atoms with van der Waals surface area (Å²) in [5, 5.41) is 41.9. The van der Waals surface area contributed by atoms with Crippen LogP contribution < -0.4 is 11.4 Å². The van der Waals surface area contributed by atoms with Crippen LogP contribution in [-0.2, 0) is 10.5 Å². The second-order valence-electron chi connectivity index (χ2n) is 4.50. The average molecular weight is 309 g/mol. The van der Waals surface area contributed by atoms with Crippen molar-refractivity contribution in [2.75, 3.05) is 12.3 Å². The standard InChI is InChI=1S/C10H11N7O5/c11-3-10(17-2-1-5(12)14-8(17)21)7(20)6(19)9(4-18,22-10)15-16-13/h1-2,6-7,18-20H,4H2,(H2,12,14,21)/t6-,7+,9+,10+/m0/s1. The van der Waals surface area contributed by atoms with E-state index in [9.17, 15) is 25.4 Å². The molecule has 12 heteroatoms. The molecule has 0 spiro atoms. The Morgan fingerprint density at radius 1 is 1.64 bits per heavy atom. The molecule has 0 aromatic carbocycles. The predicted octanol–water partition coefficient (Wildman–Crippen LogP) is -2.25. The molecule has 0 saturated carbocycles. The summed E-state index contributed by atoms with van der Waals surface area (Å²) in [7, 11) is 0. The Balaban J connectivity index is 2.68. The Kier molecular flexibility index (Phi) is 3.76. The summed E-state index contributed by atoms with van der Waals surface area (Å²) in [6, 6.07) is 2.70. The fourth-order valence-corrected chi connectivity index (χ4v) is 2.17. The molecule has 1 aromatic rings. The van der Waals surface area contributed by atoms with Gasteiger partial charge in [-0.15, -0.1) is 0 Å². The predicted molar refractivity (Wildman–Crippen MR) is 68.6 cm³/mol. The number of nitrogens with zero attached hydrogens (tertiary/aromatic N) is 6. The number of azide groups is 1.